The molecule has 1 fully saturated rings. The predicted octanol–water partition coefficient (Wildman–Crippen LogP) is 3.15. The summed E-state index contributed by atoms with van der Waals surface area (Å²) >= 11 is 0. The fourth-order valence-electron chi connectivity index (χ4n) is 3.78. The van der Waals surface area contributed by atoms with Gasteiger partial charge in [0.1, 0.15) is 5.75 Å². The van der Waals surface area contributed by atoms with Gasteiger partial charge in [0, 0.05) is 24.5 Å². The molecule has 1 amide bonds. The highest BCUT2D eigenvalue weighted by atomic mass is 16.3. The summed E-state index contributed by atoms with van der Waals surface area (Å²) in [6, 6.07) is 4.37. The molecule has 4 N–H and O–H groups in total. The molecule has 1 aliphatic rings. The Morgan fingerprint density at radius 1 is 1.25 bits per heavy atom. The van der Waals surface area contributed by atoms with Gasteiger partial charge in [0.25, 0.3) is 0 Å². The van der Waals surface area contributed by atoms with Crippen molar-refractivity contribution in [1.82, 2.24) is 16.0 Å². The van der Waals surface area contributed by atoms with Crippen molar-refractivity contribution in [1.29, 1.82) is 0 Å². The van der Waals surface area contributed by atoms with E-state index in [1.54, 1.807) is 0 Å². The van der Waals surface area contributed by atoms with Crippen LogP contribution in [0.25, 0.3) is 0 Å². The second-order valence-electron chi connectivity index (χ2n) is 8.14. The van der Waals surface area contributed by atoms with Crippen molar-refractivity contribution in [3.05, 3.63) is 28.8 Å². The Bertz CT molecular complexity index is 677. The van der Waals surface area contributed by atoms with Gasteiger partial charge in [0.05, 0.1) is 6.54 Å². The van der Waals surface area contributed by atoms with E-state index in [0.29, 0.717) is 12.3 Å². The molecule has 0 heterocycles. The maximum absolute atomic E-state index is 12.4. The average Bonchev–Trinajstić information content (AvgIpc) is 2.64. The maximum Gasteiger partial charge on any atom is 0.223 e. The highest BCUT2D eigenvalue weighted by Gasteiger charge is 2.28. The van der Waals surface area contributed by atoms with E-state index in [0.717, 1.165) is 54.9 Å². The molecule has 0 spiro atoms. The number of nitrogens with one attached hydrogen (secondary N) is 3. The van der Waals surface area contributed by atoms with Crippen LogP contribution >= 0.6 is 0 Å². The lowest BCUT2D eigenvalue weighted by atomic mass is 9.85. The number of nitrogens with zero attached hydrogens (tertiary/aromatic N) is 1. The van der Waals surface area contributed by atoms with Crippen LogP contribution in [0.15, 0.2) is 17.1 Å². The van der Waals surface area contributed by atoms with Crippen LogP contribution in [0.2, 0.25) is 0 Å². The number of amides is 1. The lowest BCUT2D eigenvalue weighted by molar-refractivity contribution is -0.126. The largest absolute Gasteiger partial charge is 0.507 e. The molecule has 1 saturated carbocycles. The van der Waals surface area contributed by atoms with E-state index in [9.17, 15) is 9.90 Å². The second kappa shape index (κ2) is 10.3. The number of aromatic hydroxyl groups is 1. The minimum absolute atomic E-state index is 0.0684. The van der Waals surface area contributed by atoms with Crippen molar-refractivity contribution in [3.63, 3.8) is 0 Å². The number of carbonyl (C=O) groups is 1. The SMILES string of the molecule is CCNC(=NCc1cc(C)c(O)c(C)c1)NC1CCCC(C(=O)NC(C)C)C1. The molecular weight excluding hydrogens is 352 g/mol. The Morgan fingerprint density at radius 2 is 1.93 bits per heavy atom. The summed E-state index contributed by atoms with van der Waals surface area (Å²) in [4.78, 5) is 17.1. The van der Waals surface area contributed by atoms with Crippen LogP contribution in [-0.2, 0) is 11.3 Å². The summed E-state index contributed by atoms with van der Waals surface area (Å²) in [7, 11) is 0. The van der Waals surface area contributed by atoms with Gasteiger partial charge in [-0.2, -0.15) is 0 Å². The Morgan fingerprint density at radius 3 is 2.54 bits per heavy atom. The number of phenolic OH excluding ortho intramolecular Hbond substituents is 1. The van der Waals surface area contributed by atoms with E-state index in [1.807, 2.05) is 46.8 Å². The monoisotopic (exact) mass is 388 g/mol. The number of rotatable bonds is 6. The molecule has 156 valence electrons. The maximum atomic E-state index is 12.4. The Kier molecular flexibility index (Phi) is 8.15. The quantitative estimate of drug-likeness (QED) is 0.445. The van der Waals surface area contributed by atoms with Gasteiger partial charge in [-0.1, -0.05) is 18.6 Å². The van der Waals surface area contributed by atoms with Crippen LogP contribution in [0.3, 0.4) is 0 Å². The first-order chi connectivity index (χ1) is 13.3. The standard InChI is InChI=1S/C22H36N4O2/c1-6-23-22(24-13-17-10-15(4)20(27)16(5)11-17)26-19-9-7-8-18(12-19)21(28)25-14(2)3/h10-11,14,18-19,27H,6-9,12-13H2,1-5H3,(H,25,28)(H2,23,24,26). The summed E-state index contributed by atoms with van der Waals surface area (Å²) in [6.45, 7) is 11.2. The molecule has 1 aromatic rings. The minimum Gasteiger partial charge on any atom is -0.507 e. The van der Waals surface area contributed by atoms with Crippen LogP contribution in [0.5, 0.6) is 5.75 Å². The fourth-order valence-corrected chi connectivity index (χ4v) is 3.78. The molecule has 0 saturated heterocycles. The van der Waals surface area contributed by atoms with Crippen LogP contribution in [0.1, 0.15) is 63.1 Å². The van der Waals surface area contributed by atoms with E-state index >= 15 is 0 Å². The molecule has 2 unspecified atom stereocenters. The van der Waals surface area contributed by atoms with Crippen molar-refractivity contribution in [2.45, 2.75) is 78.9 Å². The number of carbonyl (C=O) groups excluding carboxylic acids is 1. The molecule has 0 radical (unpaired) electrons. The number of phenols is 1. The highest BCUT2D eigenvalue weighted by molar-refractivity contribution is 5.81. The molecule has 2 rings (SSSR count). The molecule has 0 aromatic heterocycles. The van der Waals surface area contributed by atoms with E-state index in [2.05, 4.69) is 16.0 Å². The molecular formula is C22H36N4O2. The van der Waals surface area contributed by atoms with Gasteiger partial charge in [-0.05, 0) is 70.6 Å². The molecule has 0 bridgehead atoms. The third-order valence-corrected chi connectivity index (χ3v) is 5.13. The van der Waals surface area contributed by atoms with E-state index in [1.165, 1.54) is 0 Å². The summed E-state index contributed by atoms with van der Waals surface area (Å²) in [6.07, 6.45) is 3.88. The Balaban J connectivity index is 2.01. The number of hydrogen-bond acceptors (Lipinski definition) is 3. The van der Waals surface area contributed by atoms with E-state index in [-0.39, 0.29) is 23.9 Å². The zero-order chi connectivity index (χ0) is 20.7. The van der Waals surface area contributed by atoms with Gasteiger partial charge < -0.3 is 21.1 Å². The van der Waals surface area contributed by atoms with Crippen molar-refractivity contribution in [2.75, 3.05) is 6.54 Å². The summed E-state index contributed by atoms with van der Waals surface area (Å²) < 4.78 is 0. The van der Waals surface area contributed by atoms with Crippen LogP contribution < -0.4 is 16.0 Å². The van der Waals surface area contributed by atoms with Gasteiger partial charge >= 0.3 is 0 Å². The number of hydrogen-bond donors (Lipinski definition) is 4. The second-order valence-corrected chi connectivity index (χ2v) is 8.14. The molecule has 2 atom stereocenters. The van der Waals surface area contributed by atoms with Gasteiger partial charge in [-0.25, -0.2) is 4.99 Å². The van der Waals surface area contributed by atoms with Gasteiger partial charge in [0.15, 0.2) is 5.96 Å². The van der Waals surface area contributed by atoms with E-state index in [4.69, 9.17) is 4.99 Å². The first-order valence-electron chi connectivity index (χ1n) is 10.4. The first-order valence-corrected chi connectivity index (χ1v) is 10.4. The van der Waals surface area contributed by atoms with Crippen molar-refractivity contribution >= 4 is 11.9 Å². The van der Waals surface area contributed by atoms with Crippen LogP contribution in [-0.4, -0.2) is 35.6 Å². The highest BCUT2D eigenvalue weighted by Crippen LogP contribution is 2.25. The van der Waals surface area contributed by atoms with Crippen molar-refractivity contribution in [3.8, 4) is 5.75 Å². The number of aryl methyl sites for hydroxylation is 2. The first kappa shape index (κ1) is 22.1. The lowest BCUT2D eigenvalue weighted by Gasteiger charge is -2.30. The van der Waals surface area contributed by atoms with Crippen molar-refractivity contribution < 1.29 is 9.90 Å². The Hall–Kier alpha value is -2.24. The van der Waals surface area contributed by atoms with Crippen LogP contribution in [0, 0.1) is 19.8 Å². The summed E-state index contributed by atoms with van der Waals surface area (Å²) in [5, 5.41) is 19.8. The molecule has 6 nitrogen and oxygen atoms in total. The smallest absolute Gasteiger partial charge is 0.223 e. The molecule has 28 heavy (non-hydrogen) atoms. The topological polar surface area (TPSA) is 85.8 Å². The zero-order valence-electron chi connectivity index (χ0n) is 17.9. The third kappa shape index (κ3) is 6.43. The normalized spacial score (nSPS) is 20.1. The summed E-state index contributed by atoms with van der Waals surface area (Å²) in [5.74, 6) is 1.36. The Labute approximate surface area is 169 Å². The fraction of sp³-hybridized carbons (Fsp3) is 0.636. The van der Waals surface area contributed by atoms with Crippen LogP contribution in [0.4, 0.5) is 0 Å². The summed E-state index contributed by atoms with van der Waals surface area (Å²) in [5.41, 5.74) is 2.81. The number of aliphatic imine (C=N–C) groups is 1. The van der Waals surface area contributed by atoms with E-state index < -0.39 is 0 Å². The van der Waals surface area contributed by atoms with Crippen molar-refractivity contribution in [2.24, 2.45) is 10.9 Å². The molecule has 1 aromatic carbocycles. The molecule has 0 aliphatic heterocycles. The molecule has 6 heteroatoms. The number of benzene rings is 1. The zero-order valence-corrected chi connectivity index (χ0v) is 17.9. The van der Waals surface area contributed by atoms with Gasteiger partial charge in [-0.3, -0.25) is 4.79 Å². The third-order valence-electron chi connectivity index (χ3n) is 5.13. The van der Waals surface area contributed by atoms with Gasteiger partial charge in [-0.15, -0.1) is 0 Å². The minimum atomic E-state index is 0.0684. The van der Waals surface area contributed by atoms with Gasteiger partial charge in [0.2, 0.25) is 5.91 Å². The number of guanidine groups is 1. The average molecular weight is 389 g/mol. The lowest BCUT2D eigenvalue weighted by Crippen LogP contribution is -2.47. The molecule has 1 aliphatic carbocycles. The predicted molar refractivity (Wildman–Crippen MR) is 115 cm³/mol.